The molecule has 0 radical (unpaired) electrons. The Morgan fingerprint density at radius 2 is 1.93 bits per heavy atom. The maximum atomic E-state index is 15.5. The number of benzene rings is 2. The number of piperidine rings is 2. The molecular weight excluding hydrogens is 570 g/mol. The van der Waals surface area contributed by atoms with Crippen LogP contribution in [0, 0.1) is 17.2 Å². The average Bonchev–Trinajstić information content (AvgIpc) is 2.99. The average molecular weight is 601 g/mol. The number of aliphatic hydroxyl groups is 1. The maximum Gasteiger partial charge on any atom is 0.295 e. The molecule has 10 nitrogen and oxygen atoms in total. The molecule has 0 saturated carbocycles. The fourth-order valence-corrected chi connectivity index (χ4v) is 5.47. The molecular formula is C29H31ClF2N6O4. The summed E-state index contributed by atoms with van der Waals surface area (Å²) in [7, 11) is 0. The largest absolute Gasteiger partial charge is 0.437 e. The molecule has 3 atom stereocenters. The highest BCUT2D eigenvalue weighted by molar-refractivity contribution is 5.85. The Bertz CT molecular complexity index is 1520. The van der Waals surface area contributed by atoms with Gasteiger partial charge in [0.2, 0.25) is 11.8 Å². The van der Waals surface area contributed by atoms with Crippen molar-refractivity contribution in [2.75, 3.05) is 31.9 Å². The molecule has 0 aliphatic carbocycles. The first kappa shape index (κ1) is 30.9. The van der Waals surface area contributed by atoms with Gasteiger partial charge in [0.15, 0.2) is 5.69 Å². The van der Waals surface area contributed by atoms with Crippen LogP contribution in [0.2, 0.25) is 0 Å². The third-order valence-electron chi connectivity index (χ3n) is 7.87. The van der Waals surface area contributed by atoms with Crippen LogP contribution in [0.5, 0.6) is 11.6 Å². The highest BCUT2D eigenvalue weighted by Gasteiger charge is 2.57. The number of ether oxygens (including phenoxy) is 1. The third kappa shape index (κ3) is 6.09. The highest BCUT2D eigenvalue weighted by Crippen LogP contribution is 2.40. The van der Waals surface area contributed by atoms with Gasteiger partial charge in [0.05, 0.1) is 24.7 Å². The number of likely N-dealkylation sites (tertiary alicyclic amines) is 1. The fraction of sp³-hybridized carbons (Fsp3) is 0.379. The Morgan fingerprint density at radius 3 is 2.60 bits per heavy atom. The van der Waals surface area contributed by atoms with Gasteiger partial charge in [0.25, 0.3) is 11.5 Å². The van der Waals surface area contributed by atoms with Gasteiger partial charge >= 0.3 is 0 Å². The molecule has 4 N–H and O–H groups in total. The second-order valence-electron chi connectivity index (χ2n) is 10.5. The summed E-state index contributed by atoms with van der Waals surface area (Å²) in [5.74, 6) is -4.65. The number of aromatic nitrogens is 2. The lowest BCUT2D eigenvalue weighted by Gasteiger charge is -2.46. The molecule has 2 fully saturated rings. The monoisotopic (exact) mass is 600 g/mol. The van der Waals surface area contributed by atoms with E-state index in [4.69, 9.17) is 15.7 Å². The van der Waals surface area contributed by atoms with E-state index in [1.807, 2.05) is 36.4 Å². The molecule has 2 aromatic carbocycles. The van der Waals surface area contributed by atoms with Gasteiger partial charge < -0.3 is 25.8 Å². The summed E-state index contributed by atoms with van der Waals surface area (Å²) in [5, 5.41) is 23.3. The Kier molecular flexibility index (Phi) is 9.15. The van der Waals surface area contributed by atoms with E-state index < -0.39 is 48.2 Å². The number of carbonyl (C=O) groups is 1. The van der Waals surface area contributed by atoms with Gasteiger partial charge in [-0.1, -0.05) is 30.3 Å². The zero-order chi connectivity index (χ0) is 29.2. The Hall–Kier alpha value is -4.05. The number of carbonyl (C=O) groups excluding carboxylic acids is 1. The second-order valence-corrected chi connectivity index (χ2v) is 10.5. The molecule has 13 heteroatoms. The number of rotatable bonds is 6. The summed E-state index contributed by atoms with van der Waals surface area (Å²) in [4.78, 5) is 31.5. The van der Waals surface area contributed by atoms with Crippen molar-refractivity contribution in [2.45, 2.75) is 36.8 Å². The molecule has 3 aromatic rings. The smallest absolute Gasteiger partial charge is 0.295 e. The predicted molar refractivity (Wildman–Crippen MR) is 153 cm³/mol. The summed E-state index contributed by atoms with van der Waals surface area (Å²) in [5.41, 5.74) is 3.40. The topological polar surface area (TPSA) is 146 Å². The van der Waals surface area contributed by atoms with Crippen molar-refractivity contribution in [2.24, 2.45) is 5.92 Å². The van der Waals surface area contributed by atoms with E-state index in [9.17, 15) is 14.7 Å². The van der Waals surface area contributed by atoms with Crippen LogP contribution in [0.1, 0.15) is 29.9 Å². The number of nitrogens with one attached hydrogen (secondary N) is 1. The fourth-order valence-electron chi connectivity index (χ4n) is 5.47. The number of nitrogens with zero attached hydrogens (tertiary/aromatic N) is 4. The summed E-state index contributed by atoms with van der Waals surface area (Å²) in [6.07, 6.45) is 1.06. The van der Waals surface area contributed by atoms with E-state index in [1.54, 1.807) is 0 Å². The third-order valence-corrected chi connectivity index (χ3v) is 7.87. The number of hydrogen-bond acceptors (Lipinski definition) is 8. The highest BCUT2D eigenvalue weighted by atomic mass is 35.5. The Morgan fingerprint density at radius 1 is 1.21 bits per heavy atom. The van der Waals surface area contributed by atoms with Crippen LogP contribution in [0.3, 0.4) is 0 Å². The van der Waals surface area contributed by atoms with Crippen LogP contribution in [0.15, 0.2) is 65.7 Å². The summed E-state index contributed by atoms with van der Waals surface area (Å²) in [6, 6.07) is 17.5. The Balaban J connectivity index is 0.00000405. The minimum Gasteiger partial charge on any atom is -0.437 e. The molecule has 2 aliphatic rings. The summed E-state index contributed by atoms with van der Waals surface area (Å²) < 4.78 is 37.4. The van der Waals surface area contributed by atoms with E-state index in [-0.39, 0.29) is 42.4 Å². The Labute approximate surface area is 247 Å². The first-order chi connectivity index (χ1) is 19.6. The number of nitrogens with two attached hydrogens (primary N) is 1. The predicted octanol–water partition coefficient (Wildman–Crippen LogP) is 2.90. The van der Waals surface area contributed by atoms with Crippen molar-refractivity contribution in [3.05, 3.63) is 82.4 Å². The molecule has 0 bridgehead atoms. The van der Waals surface area contributed by atoms with Gasteiger partial charge in [-0.15, -0.1) is 12.4 Å². The van der Waals surface area contributed by atoms with E-state index in [0.717, 1.165) is 21.4 Å². The van der Waals surface area contributed by atoms with Crippen molar-refractivity contribution in [1.29, 1.82) is 5.26 Å². The van der Waals surface area contributed by atoms with Crippen LogP contribution in [0.4, 0.5) is 14.5 Å². The van der Waals surface area contributed by atoms with Crippen molar-refractivity contribution in [3.8, 4) is 17.7 Å². The summed E-state index contributed by atoms with van der Waals surface area (Å²) in [6.45, 7) is -0.651. The van der Waals surface area contributed by atoms with Crippen LogP contribution >= 0.6 is 12.4 Å². The lowest BCUT2D eigenvalue weighted by molar-refractivity contribution is -0.223. The first-order valence-electron chi connectivity index (χ1n) is 13.3. The molecule has 0 spiro atoms. The lowest BCUT2D eigenvalue weighted by Crippen LogP contribution is -2.64. The first-order valence-corrected chi connectivity index (χ1v) is 13.3. The molecule has 2 aliphatic heterocycles. The minimum absolute atomic E-state index is 0. The minimum atomic E-state index is -3.71. The lowest BCUT2D eigenvalue weighted by atomic mass is 9.79. The van der Waals surface area contributed by atoms with Crippen LogP contribution in [-0.2, 0) is 11.3 Å². The molecule has 3 heterocycles. The molecule has 1 amide bonds. The van der Waals surface area contributed by atoms with Gasteiger partial charge in [0.1, 0.15) is 17.7 Å². The normalized spacial score (nSPS) is 23.3. The van der Waals surface area contributed by atoms with Crippen molar-refractivity contribution >= 4 is 24.0 Å². The number of anilines is 1. The maximum absolute atomic E-state index is 15.5. The standard InChI is InChI=1S/C29H30F2N6O4.ClH/c30-29(31)17-36(26(38)22-10-12-34-15-23(22)20-4-2-1-3-5-20)13-11-28(29,40)16-37-18-35-25(24(33)27(37)39)41-21-8-6-19(14-32)7-9-21;/h1-9,18,22-23,34,40H,10-13,15-17,33H2;1H/t22-,23+,28+;/m1./s1. The van der Waals surface area contributed by atoms with Crippen molar-refractivity contribution in [3.63, 3.8) is 0 Å². The number of alkyl halides is 2. The number of hydrogen-bond donors (Lipinski definition) is 3. The van der Waals surface area contributed by atoms with Gasteiger partial charge in [-0.3, -0.25) is 14.2 Å². The van der Waals surface area contributed by atoms with E-state index >= 15 is 8.78 Å². The zero-order valence-electron chi connectivity index (χ0n) is 22.6. The molecule has 222 valence electrons. The van der Waals surface area contributed by atoms with Gasteiger partial charge in [-0.05, 0) is 42.8 Å². The van der Waals surface area contributed by atoms with Gasteiger partial charge in [-0.2, -0.15) is 5.26 Å². The molecule has 5 rings (SSSR count). The quantitative estimate of drug-likeness (QED) is 0.391. The SMILES string of the molecule is Cl.N#Cc1ccc(Oc2ncn(C[C@@]3(O)CCN(C(=O)[C@@H]4CCNC[C@H]4c4ccccc4)CC3(F)F)c(=O)c2N)cc1. The van der Waals surface area contributed by atoms with E-state index in [1.165, 1.54) is 24.3 Å². The van der Waals surface area contributed by atoms with Crippen molar-refractivity contribution < 1.29 is 23.4 Å². The van der Waals surface area contributed by atoms with Gasteiger partial charge in [-0.25, -0.2) is 13.8 Å². The number of halogens is 3. The van der Waals surface area contributed by atoms with Crippen molar-refractivity contribution in [1.82, 2.24) is 19.8 Å². The van der Waals surface area contributed by atoms with E-state index in [0.29, 0.717) is 25.1 Å². The number of amides is 1. The van der Waals surface area contributed by atoms with Crippen LogP contribution in [0.25, 0.3) is 0 Å². The number of nitriles is 1. The second kappa shape index (κ2) is 12.4. The molecule has 0 unspecified atom stereocenters. The van der Waals surface area contributed by atoms with Crippen LogP contribution in [-0.4, -0.2) is 63.2 Å². The summed E-state index contributed by atoms with van der Waals surface area (Å²) >= 11 is 0. The van der Waals surface area contributed by atoms with E-state index in [2.05, 4.69) is 10.3 Å². The van der Waals surface area contributed by atoms with Gasteiger partial charge in [0, 0.05) is 31.3 Å². The molecule has 1 aromatic heterocycles. The number of nitrogen functional groups attached to an aromatic ring is 1. The molecule has 2 saturated heterocycles. The molecule has 42 heavy (non-hydrogen) atoms. The van der Waals surface area contributed by atoms with Crippen LogP contribution < -0.4 is 21.3 Å². The zero-order valence-corrected chi connectivity index (χ0v) is 23.4.